The smallest absolute Gasteiger partial charge is 0.123 e. The summed E-state index contributed by atoms with van der Waals surface area (Å²) in [6.07, 6.45) is 8.50. The lowest BCUT2D eigenvalue weighted by atomic mass is 9.91. The number of hydrogen-bond acceptors (Lipinski definition) is 2. The third kappa shape index (κ3) is 3.81. The zero-order chi connectivity index (χ0) is 22.2. The van der Waals surface area contributed by atoms with Gasteiger partial charge in [0.15, 0.2) is 0 Å². The first-order valence-corrected chi connectivity index (χ1v) is 11.6. The quantitative estimate of drug-likeness (QED) is 0.395. The van der Waals surface area contributed by atoms with Gasteiger partial charge >= 0.3 is 0 Å². The van der Waals surface area contributed by atoms with E-state index in [0.717, 1.165) is 48.4 Å². The Morgan fingerprint density at radius 1 is 0.970 bits per heavy atom. The fourth-order valence-corrected chi connectivity index (χ4v) is 5.46. The molecule has 6 rings (SSSR count). The zero-order valence-electron chi connectivity index (χ0n) is 18.4. The standard InChI is InChI=1S/C29H26FN3/c30-24-10-6-9-22(15-24)29-28(27-11-4-5-13-31-27)26(18-32-29)21-12-14-33-19-23(17-25(33)16-21)20-7-2-1-3-8-20/h1-11,13,15-16,18,23,25,32H,12,14,17,19H2. The Morgan fingerprint density at radius 2 is 1.85 bits per heavy atom. The van der Waals surface area contributed by atoms with E-state index < -0.39 is 0 Å². The lowest BCUT2D eigenvalue weighted by molar-refractivity contribution is 0.286. The van der Waals surface area contributed by atoms with Crippen molar-refractivity contribution in [2.24, 2.45) is 0 Å². The lowest BCUT2D eigenvalue weighted by Gasteiger charge is -2.28. The highest BCUT2D eigenvalue weighted by Gasteiger charge is 2.34. The molecule has 4 heterocycles. The largest absolute Gasteiger partial charge is 0.360 e. The van der Waals surface area contributed by atoms with Crippen molar-refractivity contribution in [1.82, 2.24) is 14.9 Å². The molecule has 4 aromatic rings. The Labute approximate surface area is 193 Å². The Balaban J connectivity index is 1.39. The second-order valence-electron chi connectivity index (χ2n) is 9.03. The van der Waals surface area contributed by atoms with Crippen LogP contribution in [0.5, 0.6) is 0 Å². The van der Waals surface area contributed by atoms with Crippen LogP contribution in [0.3, 0.4) is 0 Å². The van der Waals surface area contributed by atoms with Crippen LogP contribution in [0, 0.1) is 5.82 Å². The Morgan fingerprint density at radius 3 is 2.67 bits per heavy atom. The Bertz CT molecular complexity index is 1290. The van der Waals surface area contributed by atoms with Crippen LogP contribution in [0.2, 0.25) is 0 Å². The molecular weight excluding hydrogens is 409 g/mol. The number of H-pyrrole nitrogens is 1. The monoisotopic (exact) mass is 435 g/mol. The molecule has 2 atom stereocenters. The first-order chi connectivity index (χ1) is 16.3. The highest BCUT2D eigenvalue weighted by atomic mass is 19.1. The first-order valence-electron chi connectivity index (χ1n) is 11.6. The summed E-state index contributed by atoms with van der Waals surface area (Å²) in [4.78, 5) is 10.7. The molecule has 2 aliphatic rings. The van der Waals surface area contributed by atoms with E-state index in [1.807, 2.05) is 30.5 Å². The molecule has 2 aromatic heterocycles. The summed E-state index contributed by atoms with van der Waals surface area (Å²) >= 11 is 0. The second kappa shape index (κ2) is 8.45. The van der Waals surface area contributed by atoms with Gasteiger partial charge < -0.3 is 4.98 Å². The van der Waals surface area contributed by atoms with Gasteiger partial charge in [0.2, 0.25) is 0 Å². The molecule has 3 nitrogen and oxygen atoms in total. The van der Waals surface area contributed by atoms with E-state index in [9.17, 15) is 4.39 Å². The molecule has 0 saturated carbocycles. The van der Waals surface area contributed by atoms with Crippen LogP contribution in [0.15, 0.2) is 91.3 Å². The van der Waals surface area contributed by atoms with E-state index >= 15 is 0 Å². The third-order valence-corrected chi connectivity index (χ3v) is 7.04. The van der Waals surface area contributed by atoms with E-state index in [4.69, 9.17) is 0 Å². The minimum atomic E-state index is -0.235. The molecule has 1 saturated heterocycles. The number of nitrogens with one attached hydrogen (secondary N) is 1. The van der Waals surface area contributed by atoms with Crippen molar-refractivity contribution in [1.29, 1.82) is 0 Å². The van der Waals surface area contributed by atoms with Gasteiger partial charge in [-0.1, -0.05) is 54.6 Å². The van der Waals surface area contributed by atoms with Crippen molar-refractivity contribution >= 4 is 5.57 Å². The first kappa shape index (κ1) is 20.1. The zero-order valence-corrected chi connectivity index (χ0v) is 18.4. The van der Waals surface area contributed by atoms with Gasteiger partial charge in [-0.05, 0) is 54.2 Å². The molecule has 164 valence electrons. The number of fused-ring (bicyclic) bond motifs is 1. The maximum absolute atomic E-state index is 14.0. The molecule has 0 aliphatic carbocycles. The van der Waals surface area contributed by atoms with Crippen molar-refractivity contribution < 1.29 is 4.39 Å². The number of pyridine rings is 1. The number of benzene rings is 2. The summed E-state index contributed by atoms with van der Waals surface area (Å²) in [5, 5.41) is 0. The molecule has 4 heteroatoms. The predicted molar refractivity (Wildman–Crippen MR) is 131 cm³/mol. The minimum Gasteiger partial charge on any atom is -0.360 e. The molecule has 2 aliphatic heterocycles. The van der Waals surface area contributed by atoms with Gasteiger partial charge in [0.05, 0.1) is 11.4 Å². The summed E-state index contributed by atoms with van der Waals surface area (Å²) in [6, 6.07) is 24.1. The molecular formula is C29H26FN3. The SMILES string of the molecule is Fc1cccc(-c2[nH]cc(C3=CC4CC(c5ccccc5)CN4CC3)c2-c2ccccn2)c1. The van der Waals surface area contributed by atoms with Crippen LogP contribution < -0.4 is 0 Å². The fraction of sp³-hybridized carbons (Fsp3) is 0.207. The highest BCUT2D eigenvalue weighted by Crippen LogP contribution is 2.42. The van der Waals surface area contributed by atoms with Crippen LogP contribution in [0.1, 0.15) is 29.9 Å². The van der Waals surface area contributed by atoms with Gasteiger partial charge in [-0.3, -0.25) is 9.88 Å². The molecule has 0 spiro atoms. The highest BCUT2D eigenvalue weighted by molar-refractivity contribution is 5.90. The molecule has 2 unspecified atom stereocenters. The number of hydrogen-bond donors (Lipinski definition) is 1. The molecule has 1 fully saturated rings. The van der Waals surface area contributed by atoms with Gasteiger partial charge in [0.1, 0.15) is 5.82 Å². The summed E-state index contributed by atoms with van der Waals surface area (Å²) < 4.78 is 14.0. The number of nitrogens with zero attached hydrogens (tertiary/aromatic N) is 2. The predicted octanol–water partition coefficient (Wildman–Crippen LogP) is 6.53. The number of aromatic amines is 1. The van der Waals surface area contributed by atoms with Gasteiger partial charge in [-0.25, -0.2) is 4.39 Å². The molecule has 0 bridgehead atoms. The summed E-state index contributed by atoms with van der Waals surface area (Å²) in [7, 11) is 0. The molecule has 0 amide bonds. The Kier molecular flexibility index (Phi) is 5.16. The van der Waals surface area contributed by atoms with Gasteiger partial charge in [-0.2, -0.15) is 0 Å². The van der Waals surface area contributed by atoms with Crippen molar-refractivity contribution in [2.45, 2.75) is 24.8 Å². The molecule has 2 aromatic carbocycles. The van der Waals surface area contributed by atoms with Gasteiger partial charge in [0.25, 0.3) is 0 Å². The van der Waals surface area contributed by atoms with E-state index in [0.29, 0.717) is 12.0 Å². The lowest BCUT2D eigenvalue weighted by Crippen LogP contribution is -2.32. The third-order valence-electron chi connectivity index (χ3n) is 7.04. The van der Waals surface area contributed by atoms with Crippen LogP contribution >= 0.6 is 0 Å². The van der Waals surface area contributed by atoms with Crippen molar-refractivity contribution in [2.75, 3.05) is 13.1 Å². The van der Waals surface area contributed by atoms with Crippen LogP contribution in [-0.2, 0) is 0 Å². The summed E-state index contributed by atoms with van der Waals surface area (Å²) in [5.74, 6) is 0.345. The maximum atomic E-state index is 14.0. The minimum absolute atomic E-state index is 0.235. The van der Waals surface area contributed by atoms with Crippen molar-refractivity contribution in [3.63, 3.8) is 0 Å². The second-order valence-corrected chi connectivity index (χ2v) is 9.03. The molecule has 0 radical (unpaired) electrons. The van der Waals surface area contributed by atoms with Crippen molar-refractivity contribution in [3.8, 4) is 22.5 Å². The number of halogens is 1. The van der Waals surface area contributed by atoms with Crippen LogP contribution in [0.4, 0.5) is 4.39 Å². The fourth-order valence-electron chi connectivity index (χ4n) is 5.46. The van der Waals surface area contributed by atoms with Crippen LogP contribution in [-0.4, -0.2) is 34.0 Å². The van der Waals surface area contributed by atoms with E-state index in [-0.39, 0.29) is 5.82 Å². The Hall–Kier alpha value is -3.50. The van der Waals surface area contributed by atoms with Gasteiger partial charge in [0, 0.05) is 48.2 Å². The normalized spacial score (nSPS) is 20.5. The molecule has 1 N–H and O–H groups in total. The van der Waals surface area contributed by atoms with E-state index in [2.05, 4.69) is 57.5 Å². The van der Waals surface area contributed by atoms with Crippen molar-refractivity contribution in [3.05, 3.63) is 108 Å². The average molecular weight is 436 g/mol. The average Bonchev–Trinajstić information content (AvgIpc) is 3.49. The topological polar surface area (TPSA) is 31.9 Å². The summed E-state index contributed by atoms with van der Waals surface area (Å²) in [6.45, 7) is 2.18. The van der Waals surface area contributed by atoms with Crippen LogP contribution in [0.25, 0.3) is 28.1 Å². The summed E-state index contributed by atoms with van der Waals surface area (Å²) in [5.41, 5.74) is 7.68. The maximum Gasteiger partial charge on any atom is 0.123 e. The van der Waals surface area contributed by atoms with E-state index in [1.54, 1.807) is 12.1 Å². The van der Waals surface area contributed by atoms with Gasteiger partial charge in [-0.15, -0.1) is 0 Å². The number of aromatic nitrogens is 2. The number of rotatable bonds is 4. The molecule has 33 heavy (non-hydrogen) atoms. The van der Waals surface area contributed by atoms with E-state index in [1.165, 1.54) is 22.8 Å².